The van der Waals surface area contributed by atoms with Crippen molar-refractivity contribution in [2.24, 2.45) is 5.14 Å². The summed E-state index contributed by atoms with van der Waals surface area (Å²) in [6.45, 7) is 2.03. The lowest BCUT2D eigenvalue weighted by molar-refractivity contribution is 0.598. The minimum Gasteiger partial charge on any atom is -0.378 e. The summed E-state index contributed by atoms with van der Waals surface area (Å²) in [7, 11) is -3.68. The number of hydrogen-bond donors (Lipinski definition) is 2. The monoisotopic (exact) mass is 322 g/mol. The van der Waals surface area contributed by atoms with Crippen molar-refractivity contribution in [1.82, 2.24) is 0 Å². The Morgan fingerprint density at radius 3 is 2.38 bits per heavy atom. The third-order valence-electron chi connectivity index (χ3n) is 3.16. The van der Waals surface area contributed by atoms with E-state index in [9.17, 15) is 8.42 Å². The fourth-order valence-corrected chi connectivity index (χ4v) is 2.96. The van der Waals surface area contributed by atoms with E-state index in [-0.39, 0.29) is 10.9 Å². The number of benzene rings is 2. The molecule has 0 saturated heterocycles. The van der Waals surface area contributed by atoms with E-state index in [0.717, 1.165) is 11.3 Å². The Kier molecular flexibility index (Phi) is 4.92. The normalized spacial score (nSPS) is 12.9. The molecule has 0 aliphatic heterocycles. The summed E-state index contributed by atoms with van der Waals surface area (Å²) >= 11 is 1.70. The average Bonchev–Trinajstić information content (AvgIpc) is 2.47. The van der Waals surface area contributed by atoms with Crippen LogP contribution < -0.4 is 10.5 Å². The molecule has 1 atom stereocenters. The third kappa shape index (κ3) is 4.23. The molecule has 1 unspecified atom stereocenters. The molecule has 2 aromatic carbocycles. The van der Waals surface area contributed by atoms with Crippen molar-refractivity contribution >= 4 is 27.5 Å². The van der Waals surface area contributed by atoms with Gasteiger partial charge in [-0.2, -0.15) is 0 Å². The molecule has 0 radical (unpaired) electrons. The van der Waals surface area contributed by atoms with Crippen LogP contribution in [0.5, 0.6) is 0 Å². The minimum atomic E-state index is -3.68. The summed E-state index contributed by atoms with van der Waals surface area (Å²) < 4.78 is 22.7. The van der Waals surface area contributed by atoms with E-state index >= 15 is 0 Å². The van der Waals surface area contributed by atoms with E-state index in [1.807, 2.05) is 19.2 Å². The molecule has 2 rings (SSSR count). The van der Waals surface area contributed by atoms with Gasteiger partial charge in [-0.15, -0.1) is 11.8 Å². The molecule has 0 spiro atoms. The average molecular weight is 322 g/mol. The molecule has 4 nitrogen and oxygen atoms in total. The first kappa shape index (κ1) is 15.9. The highest BCUT2D eigenvalue weighted by atomic mass is 32.2. The fourth-order valence-electron chi connectivity index (χ4n) is 1.99. The highest BCUT2D eigenvalue weighted by molar-refractivity contribution is 7.98. The molecule has 6 heteroatoms. The van der Waals surface area contributed by atoms with Gasteiger partial charge in [0.15, 0.2) is 0 Å². The Labute approximate surface area is 129 Å². The second-order valence-electron chi connectivity index (χ2n) is 4.71. The number of nitrogens with one attached hydrogen (secondary N) is 1. The molecule has 0 bridgehead atoms. The lowest BCUT2D eigenvalue weighted by Gasteiger charge is -2.16. The molecular formula is C15H18N2O2S2. The topological polar surface area (TPSA) is 72.2 Å². The van der Waals surface area contributed by atoms with E-state index in [4.69, 9.17) is 5.14 Å². The zero-order valence-electron chi connectivity index (χ0n) is 11.9. The van der Waals surface area contributed by atoms with Crippen LogP contribution in [0.3, 0.4) is 0 Å². The van der Waals surface area contributed by atoms with Crippen molar-refractivity contribution < 1.29 is 8.42 Å². The summed E-state index contributed by atoms with van der Waals surface area (Å²) in [5.41, 5.74) is 1.86. The predicted molar refractivity (Wildman–Crippen MR) is 88.1 cm³/mol. The van der Waals surface area contributed by atoms with Crippen LogP contribution in [0.1, 0.15) is 18.5 Å². The van der Waals surface area contributed by atoms with Crippen molar-refractivity contribution in [1.29, 1.82) is 0 Å². The molecule has 3 N–H and O–H groups in total. The van der Waals surface area contributed by atoms with Gasteiger partial charge in [-0.25, -0.2) is 13.6 Å². The van der Waals surface area contributed by atoms with Crippen LogP contribution in [0.15, 0.2) is 58.3 Å². The Bertz CT molecular complexity index is 713. The molecule has 0 aromatic heterocycles. The quantitative estimate of drug-likeness (QED) is 0.829. The number of hydrogen-bond acceptors (Lipinski definition) is 4. The molecule has 2 aromatic rings. The number of thioether (sulfide) groups is 1. The van der Waals surface area contributed by atoms with Crippen molar-refractivity contribution in [3.63, 3.8) is 0 Å². The standard InChI is InChI=1S/C15H18N2O2S2/c1-11(12-6-8-14(20-2)9-7-12)17-13-4-3-5-15(10-13)21(16,18)19/h3-11,17H,1-2H3,(H2,16,18,19). The first-order chi connectivity index (χ1) is 9.90. The number of nitrogens with two attached hydrogens (primary N) is 1. The molecule has 112 valence electrons. The van der Waals surface area contributed by atoms with Crippen LogP contribution in [0, 0.1) is 0 Å². The van der Waals surface area contributed by atoms with E-state index in [1.54, 1.807) is 23.9 Å². The molecule has 0 aliphatic rings. The number of rotatable bonds is 5. The fraction of sp³-hybridized carbons (Fsp3) is 0.200. The van der Waals surface area contributed by atoms with E-state index < -0.39 is 10.0 Å². The smallest absolute Gasteiger partial charge is 0.238 e. The van der Waals surface area contributed by atoms with Crippen LogP contribution in [-0.4, -0.2) is 14.7 Å². The van der Waals surface area contributed by atoms with E-state index in [0.29, 0.717) is 0 Å². The molecule has 0 amide bonds. The Balaban J connectivity index is 2.17. The van der Waals surface area contributed by atoms with E-state index in [1.165, 1.54) is 11.0 Å². The first-order valence-corrected chi connectivity index (χ1v) is 9.20. The van der Waals surface area contributed by atoms with Crippen LogP contribution in [-0.2, 0) is 10.0 Å². The Morgan fingerprint density at radius 2 is 1.81 bits per heavy atom. The maximum Gasteiger partial charge on any atom is 0.238 e. The van der Waals surface area contributed by atoms with Crippen LogP contribution in [0.2, 0.25) is 0 Å². The molecule has 21 heavy (non-hydrogen) atoms. The minimum absolute atomic E-state index is 0.0663. The maximum absolute atomic E-state index is 11.4. The summed E-state index contributed by atoms with van der Waals surface area (Å²) in [6.07, 6.45) is 2.04. The van der Waals surface area contributed by atoms with Crippen LogP contribution in [0.25, 0.3) is 0 Å². The van der Waals surface area contributed by atoms with Gasteiger partial charge in [0.1, 0.15) is 0 Å². The van der Waals surface area contributed by atoms with Gasteiger partial charge in [-0.1, -0.05) is 18.2 Å². The highest BCUT2D eigenvalue weighted by Gasteiger charge is 2.10. The van der Waals surface area contributed by atoms with Crippen molar-refractivity contribution in [2.45, 2.75) is 22.8 Å². The van der Waals surface area contributed by atoms with Gasteiger partial charge in [0.2, 0.25) is 10.0 Å². The summed E-state index contributed by atoms with van der Waals surface area (Å²) in [5, 5.41) is 8.42. The van der Waals surface area contributed by atoms with Gasteiger partial charge in [-0.3, -0.25) is 0 Å². The van der Waals surface area contributed by atoms with Gasteiger partial charge in [0.25, 0.3) is 0 Å². The van der Waals surface area contributed by atoms with Crippen molar-refractivity contribution in [3.8, 4) is 0 Å². The van der Waals surface area contributed by atoms with Crippen molar-refractivity contribution in [2.75, 3.05) is 11.6 Å². The van der Waals surface area contributed by atoms with Crippen LogP contribution in [0.4, 0.5) is 5.69 Å². The van der Waals surface area contributed by atoms with Gasteiger partial charge >= 0.3 is 0 Å². The Hall–Kier alpha value is -1.50. The van der Waals surface area contributed by atoms with E-state index in [2.05, 4.69) is 29.6 Å². The number of primary sulfonamides is 1. The first-order valence-electron chi connectivity index (χ1n) is 6.43. The van der Waals surface area contributed by atoms with Gasteiger partial charge in [0, 0.05) is 16.6 Å². The van der Waals surface area contributed by atoms with Crippen molar-refractivity contribution in [3.05, 3.63) is 54.1 Å². The molecule has 0 saturated carbocycles. The highest BCUT2D eigenvalue weighted by Crippen LogP contribution is 2.23. The largest absolute Gasteiger partial charge is 0.378 e. The van der Waals surface area contributed by atoms with Crippen LogP contribution >= 0.6 is 11.8 Å². The lowest BCUT2D eigenvalue weighted by atomic mass is 10.1. The summed E-state index contributed by atoms with van der Waals surface area (Å²) in [4.78, 5) is 1.32. The summed E-state index contributed by atoms with van der Waals surface area (Å²) in [5.74, 6) is 0. The predicted octanol–water partition coefficient (Wildman–Crippen LogP) is 3.23. The van der Waals surface area contributed by atoms with Gasteiger partial charge in [-0.05, 0) is 49.1 Å². The molecule has 0 fully saturated rings. The van der Waals surface area contributed by atoms with Gasteiger partial charge < -0.3 is 5.32 Å². The molecular weight excluding hydrogens is 304 g/mol. The summed E-state index contributed by atoms with van der Waals surface area (Å²) in [6, 6.07) is 14.8. The zero-order valence-corrected chi connectivity index (χ0v) is 13.5. The second-order valence-corrected chi connectivity index (χ2v) is 7.15. The third-order valence-corrected chi connectivity index (χ3v) is 4.82. The SMILES string of the molecule is CSc1ccc(C(C)Nc2cccc(S(N)(=O)=O)c2)cc1. The Morgan fingerprint density at radius 1 is 1.14 bits per heavy atom. The maximum atomic E-state index is 11.4. The van der Waals surface area contributed by atoms with Gasteiger partial charge in [0.05, 0.1) is 4.90 Å². The molecule has 0 aliphatic carbocycles. The lowest BCUT2D eigenvalue weighted by Crippen LogP contribution is -2.13. The number of anilines is 1. The second kappa shape index (κ2) is 6.51. The zero-order chi connectivity index (χ0) is 15.5. The molecule has 0 heterocycles. The number of sulfonamides is 1.